The molecule has 0 saturated heterocycles. The molecule has 1 heterocycles. The van der Waals surface area contributed by atoms with Crippen LogP contribution in [0.25, 0.3) is 0 Å². The molecule has 3 heteroatoms. The Morgan fingerprint density at radius 2 is 2.56 bits per heavy atom. The fourth-order valence-electron chi connectivity index (χ4n) is 0.655. The van der Waals surface area contributed by atoms with Crippen LogP contribution in [-0.2, 0) is 0 Å². The van der Waals surface area contributed by atoms with Gasteiger partial charge in [-0.2, -0.15) is 0 Å². The Balaban J connectivity index is 2.48. The second kappa shape index (κ2) is 2.92. The standard InChI is InChI=1S/C6H10N2S/c1-8-4-3-6(9-2)7-5-8/h3,5H,4H2,1-2H3/p+1. The minimum Gasteiger partial charge on any atom is -0.267 e. The molecule has 1 N–H and O–H groups in total. The molecule has 0 fully saturated rings. The van der Waals surface area contributed by atoms with Gasteiger partial charge in [-0.1, -0.05) is 11.8 Å². The number of rotatable bonds is 1. The molecule has 0 saturated carbocycles. The molecule has 0 unspecified atom stereocenters. The SMILES string of the molecule is CSC1=CC[N+](C)=CN1. The Bertz CT molecular complexity index is 160. The van der Waals surface area contributed by atoms with Crippen molar-refractivity contribution in [1.29, 1.82) is 0 Å². The number of hydrogen-bond donors (Lipinski definition) is 1. The smallest absolute Gasteiger partial charge is 0.237 e. The lowest BCUT2D eigenvalue weighted by Crippen LogP contribution is -2.23. The van der Waals surface area contributed by atoms with E-state index < -0.39 is 0 Å². The summed E-state index contributed by atoms with van der Waals surface area (Å²) in [5, 5.41) is 4.39. The Morgan fingerprint density at radius 3 is 3.00 bits per heavy atom. The van der Waals surface area contributed by atoms with Gasteiger partial charge in [-0.15, -0.1) is 0 Å². The Kier molecular flexibility index (Phi) is 2.16. The first-order valence-electron chi connectivity index (χ1n) is 2.87. The number of likely N-dealkylation sites (N-methyl/N-ethyl adjacent to an activating group) is 1. The number of nitrogens with one attached hydrogen (secondary N) is 1. The van der Waals surface area contributed by atoms with Gasteiger partial charge in [-0.05, 0) is 6.26 Å². The topological polar surface area (TPSA) is 15.0 Å². The van der Waals surface area contributed by atoms with E-state index in [1.54, 1.807) is 11.8 Å². The first kappa shape index (κ1) is 6.68. The minimum absolute atomic E-state index is 1.02. The molecule has 50 valence electrons. The summed E-state index contributed by atoms with van der Waals surface area (Å²) in [6.07, 6.45) is 6.22. The lowest BCUT2D eigenvalue weighted by molar-refractivity contribution is -0.484. The van der Waals surface area contributed by atoms with Crippen LogP contribution >= 0.6 is 11.8 Å². The van der Waals surface area contributed by atoms with Crippen LogP contribution in [0.1, 0.15) is 0 Å². The molecule has 9 heavy (non-hydrogen) atoms. The molecule has 0 atom stereocenters. The maximum absolute atomic E-state index is 3.14. The molecule has 0 bridgehead atoms. The van der Waals surface area contributed by atoms with Crippen LogP contribution in [0.3, 0.4) is 0 Å². The van der Waals surface area contributed by atoms with E-state index in [4.69, 9.17) is 0 Å². The van der Waals surface area contributed by atoms with Gasteiger partial charge in [0, 0.05) is 6.08 Å². The molecule has 0 radical (unpaired) electrons. The molecule has 1 aliphatic heterocycles. The monoisotopic (exact) mass is 143 g/mol. The van der Waals surface area contributed by atoms with Crippen molar-refractivity contribution in [1.82, 2.24) is 5.32 Å². The molecule has 1 aliphatic rings. The van der Waals surface area contributed by atoms with Gasteiger partial charge >= 0.3 is 0 Å². The molecule has 0 aromatic rings. The van der Waals surface area contributed by atoms with Crippen molar-refractivity contribution in [2.75, 3.05) is 19.8 Å². The highest BCUT2D eigenvalue weighted by molar-refractivity contribution is 8.02. The molecule has 1 rings (SSSR count). The fraction of sp³-hybridized carbons (Fsp3) is 0.500. The van der Waals surface area contributed by atoms with Crippen molar-refractivity contribution < 1.29 is 4.58 Å². The van der Waals surface area contributed by atoms with Crippen LogP contribution in [0, 0.1) is 0 Å². The van der Waals surface area contributed by atoms with Gasteiger partial charge in [0.05, 0.1) is 7.05 Å². The van der Waals surface area contributed by atoms with E-state index in [0.717, 1.165) is 6.54 Å². The molecule has 0 amide bonds. The zero-order valence-corrected chi connectivity index (χ0v) is 6.53. The van der Waals surface area contributed by atoms with Gasteiger partial charge < -0.3 is 0 Å². The maximum Gasteiger partial charge on any atom is 0.237 e. The Labute approximate surface area is 59.6 Å². The van der Waals surface area contributed by atoms with Crippen LogP contribution < -0.4 is 5.32 Å². The van der Waals surface area contributed by atoms with Crippen LogP contribution in [-0.4, -0.2) is 30.8 Å². The Morgan fingerprint density at radius 1 is 1.78 bits per heavy atom. The molecular formula is C6H11N2S+. The van der Waals surface area contributed by atoms with Crippen LogP contribution in [0.2, 0.25) is 0 Å². The maximum atomic E-state index is 3.14. The summed E-state index contributed by atoms with van der Waals surface area (Å²) in [5.74, 6) is 0. The summed E-state index contributed by atoms with van der Waals surface area (Å²) in [5.41, 5.74) is 0. The van der Waals surface area contributed by atoms with Gasteiger partial charge in [0.15, 0.2) is 5.03 Å². The summed E-state index contributed by atoms with van der Waals surface area (Å²) >= 11 is 1.74. The summed E-state index contributed by atoms with van der Waals surface area (Å²) in [6.45, 7) is 1.02. The zero-order valence-electron chi connectivity index (χ0n) is 5.72. The number of hydrogen-bond acceptors (Lipinski definition) is 2. The first-order valence-corrected chi connectivity index (χ1v) is 4.09. The van der Waals surface area contributed by atoms with Gasteiger partial charge in [0.2, 0.25) is 6.34 Å². The lowest BCUT2D eigenvalue weighted by Gasteiger charge is -2.04. The van der Waals surface area contributed by atoms with Crippen molar-refractivity contribution in [2.24, 2.45) is 0 Å². The highest BCUT2D eigenvalue weighted by atomic mass is 32.2. The van der Waals surface area contributed by atoms with Crippen molar-refractivity contribution in [3.8, 4) is 0 Å². The van der Waals surface area contributed by atoms with Crippen LogP contribution in [0.5, 0.6) is 0 Å². The summed E-state index contributed by atoms with van der Waals surface area (Å²) in [4.78, 5) is 0. The van der Waals surface area contributed by atoms with Gasteiger partial charge in [0.1, 0.15) is 6.54 Å². The number of nitrogens with zero attached hydrogens (tertiary/aromatic N) is 1. The second-order valence-electron chi connectivity index (χ2n) is 1.99. The van der Waals surface area contributed by atoms with E-state index in [2.05, 4.69) is 22.2 Å². The minimum atomic E-state index is 1.02. The summed E-state index contributed by atoms with van der Waals surface area (Å²) in [6, 6.07) is 0. The van der Waals surface area contributed by atoms with E-state index in [9.17, 15) is 0 Å². The molecule has 2 nitrogen and oxygen atoms in total. The van der Waals surface area contributed by atoms with Gasteiger partial charge in [-0.25, -0.2) is 5.32 Å². The molecule has 0 aromatic carbocycles. The fourth-order valence-corrected chi connectivity index (χ4v) is 1.07. The molecule has 0 aliphatic carbocycles. The zero-order chi connectivity index (χ0) is 6.69. The predicted molar refractivity (Wildman–Crippen MR) is 41.8 cm³/mol. The third-order valence-electron chi connectivity index (χ3n) is 1.21. The van der Waals surface area contributed by atoms with E-state index >= 15 is 0 Å². The molecule has 0 spiro atoms. The van der Waals surface area contributed by atoms with E-state index in [1.807, 2.05) is 13.4 Å². The van der Waals surface area contributed by atoms with Crippen LogP contribution in [0.15, 0.2) is 11.1 Å². The molecular weight excluding hydrogens is 132 g/mol. The highest BCUT2D eigenvalue weighted by Crippen LogP contribution is 2.06. The summed E-state index contributed by atoms with van der Waals surface area (Å²) < 4.78 is 2.10. The predicted octanol–water partition coefficient (Wildman–Crippen LogP) is 0.465. The highest BCUT2D eigenvalue weighted by Gasteiger charge is 2.03. The van der Waals surface area contributed by atoms with Gasteiger partial charge in [0.25, 0.3) is 0 Å². The first-order chi connectivity index (χ1) is 4.33. The third-order valence-corrected chi connectivity index (χ3v) is 1.94. The summed E-state index contributed by atoms with van der Waals surface area (Å²) in [7, 11) is 2.04. The van der Waals surface area contributed by atoms with E-state index in [-0.39, 0.29) is 0 Å². The van der Waals surface area contributed by atoms with Crippen molar-refractivity contribution in [3.63, 3.8) is 0 Å². The third kappa shape index (κ3) is 1.75. The van der Waals surface area contributed by atoms with Crippen molar-refractivity contribution in [2.45, 2.75) is 0 Å². The Hall–Kier alpha value is -0.440. The normalized spacial score (nSPS) is 18.0. The average Bonchev–Trinajstić information content (AvgIpc) is 1.90. The van der Waals surface area contributed by atoms with E-state index in [1.165, 1.54) is 5.03 Å². The van der Waals surface area contributed by atoms with Crippen molar-refractivity contribution in [3.05, 3.63) is 11.1 Å². The van der Waals surface area contributed by atoms with E-state index in [0.29, 0.717) is 0 Å². The van der Waals surface area contributed by atoms with Crippen LogP contribution in [0.4, 0.5) is 0 Å². The molecule has 0 aromatic heterocycles. The average molecular weight is 143 g/mol. The van der Waals surface area contributed by atoms with Gasteiger partial charge in [-0.3, -0.25) is 4.58 Å². The quantitative estimate of drug-likeness (QED) is 0.536. The second-order valence-corrected chi connectivity index (χ2v) is 2.83. The largest absolute Gasteiger partial charge is 0.267 e. The lowest BCUT2D eigenvalue weighted by atomic mass is 10.5. The number of thioether (sulfide) groups is 1. The van der Waals surface area contributed by atoms with Crippen molar-refractivity contribution >= 4 is 18.1 Å².